The van der Waals surface area contributed by atoms with Gasteiger partial charge < -0.3 is 19.5 Å². The van der Waals surface area contributed by atoms with E-state index in [9.17, 15) is 19.1 Å². The van der Waals surface area contributed by atoms with Crippen LogP contribution in [0, 0.1) is 5.82 Å². The van der Waals surface area contributed by atoms with Gasteiger partial charge in [0.25, 0.3) is 11.7 Å². The van der Waals surface area contributed by atoms with Crippen molar-refractivity contribution in [2.24, 2.45) is 0 Å². The summed E-state index contributed by atoms with van der Waals surface area (Å²) >= 11 is 0. The number of amides is 1. The van der Waals surface area contributed by atoms with Gasteiger partial charge in [0.05, 0.1) is 24.3 Å². The predicted molar refractivity (Wildman–Crippen MR) is 144 cm³/mol. The Morgan fingerprint density at radius 1 is 0.947 bits per heavy atom. The first-order chi connectivity index (χ1) is 18.3. The zero-order valence-electron chi connectivity index (χ0n) is 21.8. The number of hydrogen-bond donors (Lipinski definition) is 1. The van der Waals surface area contributed by atoms with E-state index in [0.717, 1.165) is 12.0 Å². The third kappa shape index (κ3) is 6.05. The normalized spacial score (nSPS) is 16.8. The fraction of sp³-hybridized carbons (Fsp3) is 0.290. The third-order valence-corrected chi connectivity index (χ3v) is 6.26. The van der Waals surface area contributed by atoms with Gasteiger partial charge in [-0.05, 0) is 86.3 Å². The quantitative estimate of drug-likeness (QED) is 0.201. The molecule has 0 spiro atoms. The second kappa shape index (κ2) is 11.9. The van der Waals surface area contributed by atoms with Crippen molar-refractivity contribution in [3.8, 4) is 11.5 Å². The standard InChI is InChI=1S/C31H32FNO5/c1-4-19-37-25-13-9-23(10-14-25)29(34)27-28(22-7-15-26(16-8-22)38-20(2)3)33(31(36)30(27)35)18-17-21-5-11-24(32)12-6-21/h5-16,20,28,34H,4,17-19H2,1-3H3/b29-27-. The molecule has 1 atom stereocenters. The fourth-order valence-corrected chi connectivity index (χ4v) is 4.44. The molecule has 1 amide bonds. The van der Waals surface area contributed by atoms with Crippen molar-refractivity contribution in [1.82, 2.24) is 4.90 Å². The number of hydrogen-bond acceptors (Lipinski definition) is 5. The van der Waals surface area contributed by atoms with E-state index in [1.807, 2.05) is 20.8 Å². The molecule has 4 rings (SSSR count). The average molecular weight is 518 g/mol. The number of benzene rings is 3. The smallest absolute Gasteiger partial charge is 0.295 e. The number of aliphatic hydroxyl groups is 1. The van der Waals surface area contributed by atoms with Gasteiger partial charge in [0.15, 0.2) is 0 Å². The summed E-state index contributed by atoms with van der Waals surface area (Å²) in [5.74, 6) is -0.717. The van der Waals surface area contributed by atoms with Crippen LogP contribution in [0.2, 0.25) is 0 Å². The van der Waals surface area contributed by atoms with Crippen LogP contribution in [0.1, 0.15) is 49.9 Å². The number of ether oxygens (including phenoxy) is 2. The predicted octanol–water partition coefficient (Wildman–Crippen LogP) is 6.07. The third-order valence-electron chi connectivity index (χ3n) is 6.26. The maximum atomic E-state index is 13.4. The zero-order valence-corrected chi connectivity index (χ0v) is 21.8. The molecule has 1 aliphatic heterocycles. The Morgan fingerprint density at radius 2 is 1.58 bits per heavy atom. The van der Waals surface area contributed by atoms with E-state index in [0.29, 0.717) is 35.7 Å². The summed E-state index contributed by atoms with van der Waals surface area (Å²) in [6.45, 7) is 6.65. The van der Waals surface area contributed by atoms with Crippen molar-refractivity contribution >= 4 is 17.4 Å². The lowest BCUT2D eigenvalue weighted by atomic mass is 9.95. The van der Waals surface area contributed by atoms with Gasteiger partial charge in [0.1, 0.15) is 23.1 Å². The molecular weight excluding hydrogens is 485 g/mol. The van der Waals surface area contributed by atoms with Gasteiger partial charge in [-0.2, -0.15) is 0 Å². The number of ketones is 1. The topological polar surface area (TPSA) is 76.1 Å². The molecule has 0 radical (unpaired) electrons. The van der Waals surface area contributed by atoms with Crippen molar-refractivity contribution in [3.63, 3.8) is 0 Å². The summed E-state index contributed by atoms with van der Waals surface area (Å²) in [6, 6.07) is 19.2. The molecule has 1 unspecified atom stereocenters. The summed E-state index contributed by atoms with van der Waals surface area (Å²) in [6.07, 6.45) is 1.28. The van der Waals surface area contributed by atoms with Gasteiger partial charge in [-0.15, -0.1) is 0 Å². The molecule has 38 heavy (non-hydrogen) atoms. The summed E-state index contributed by atoms with van der Waals surface area (Å²) in [4.78, 5) is 28.0. The SMILES string of the molecule is CCCOc1ccc(/C(O)=C2/C(=O)C(=O)N(CCc3ccc(F)cc3)C2c2ccc(OC(C)C)cc2)cc1. The number of rotatable bonds is 10. The largest absolute Gasteiger partial charge is 0.507 e. The number of nitrogens with zero attached hydrogens (tertiary/aromatic N) is 1. The molecule has 1 fully saturated rings. The van der Waals surface area contributed by atoms with Crippen LogP contribution in [0.25, 0.3) is 5.76 Å². The van der Waals surface area contributed by atoms with Gasteiger partial charge in [-0.3, -0.25) is 9.59 Å². The highest BCUT2D eigenvalue weighted by Crippen LogP contribution is 2.40. The number of aliphatic hydroxyl groups excluding tert-OH is 1. The fourth-order valence-electron chi connectivity index (χ4n) is 4.44. The summed E-state index contributed by atoms with van der Waals surface area (Å²) in [5, 5.41) is 11.3. The van der Waals surface area contributed by atoms with Crippen molar-refractivity contribution < 1.29 is 28.6 Å². The van der Waals surface area contributed by atoms with Gasteiger partial charge >= 0.3 is 0 Å². The second-order valence-corrected chi connectivity index (χ2v) is 9.48. The molecular formula is C31H32FNO5. The summed E-state index contributed by atoms with van der Waals surface area (Å²) in [5.41, 5.74) is 1.93. The van der Waals surface area contributed by atoms with Crippen molar-refractivity contribution in [3.05, 3.63) is 101 Å². The molecule has 1 aliphatic rings. The number of halogens is 1. The van der Waals surface area contributed by atoms with Crippen LogP contribution in [0.15, 0.2) is 78.4 Å². The van der Waals surface area contributed by atoms with E-state index in [2.05, 4.69) is 0 Å². The molecule has 0 saturated carbocycles. The molecule has 0 aliphatic carbocycles. The highest BCUT2D eigenvalue weighted by atomic mass is 19.1. The van der Waals surface area contributed by atoms with Crippen LogP contribution in [0.3, 0.4) is 0 Å². The monoisotopic (exact) mass is 517 g/mol. The average Bonchev–Trinajstić information content (AvgIpc) is 3.16. The van der Waals surface area contributed by atoms with Crippen LogP contribution < -0.4 is 9.47 Å². The lowest BCUT2D eigenvalue weighted by Gasteiger charge is -2.25. The van der Waals surface area contributed by atoms with Crippen LogP contribution in [-0.2, 0) is 16.0 Å². The van der Waals surface area contributed by atoms with Gasteiger partial charge in [0.2, 0.25) is 0 Å². The number of carbonyl (C=O) groups excluding carboxylic acids is 2. The first-order valence-corrected chi connectivity index (χ1v) is 12.8. The molecule has 0 aromatic heterocycles. The minimum atomic E-state index is -0.792. The molecule has 1 saturated heterocycles. The van der Waals surface area contributed by atoms with Gasteiger partial charge in [0, 0.05) is 12.1 Å². The van der Waals surface area contributed by atoms with Crippen molar-refractivity contribution in [2.45, 2.75) is 45.8 Å². The van der Waals surface area contributed by atoms with E-state index < -0.39 is 17.7 Å². The Hall–Kier alpha value is -4.13. The highest BCUT2D eigenvalue weighted by molar-refractivity contribution is 6.46. The minimum absolute atomic E-state index is 0.00790. The molecule has 3 aromatic rings. The highest BCUT2D eigenvalue weighted by Gasteiger charge is 2.45. The van der Waals surface area contributed by atoms with E-state index in [1.165, 1.54) is 17.0 Å². The van der Waals surface area contributed by atoms with E-state index in [1.54, 1.807) is 60.7 Å². The first-order valence-electron chi connectivity index (χ1n) is 12.8. The van der Waals surface area contributed by atoms with Crippen LogP contribution in [-0.4, -0.2) is 41.0 Å². The van der Waals surface area contributed by atoms with Crippen molar-refractivity contribution in [2.75, 3.05) is 13.2 Å². The number of likely N-dealkylation sites (tertiary alicyclic amines) is 1. The Kier molecular flexibility index (Phi) is 8.46. The Balaban J connectivity index is 1.71. The van der Waals surface area contributed by atoms with Gasteiger partial charge in [-0.25, -0.2) is 4.39 Å². The maximum absolute atomic E-state index is 13.4. The molecule has 1 N–H and O–H groups in total. The Bertz CT molecular complexity index is 1300. The molecule has 3 aromatic carbocycles. The van der Waals surface area contributed by atoms with Crippen LogP contribution in [0.5, 0.6) is 11.5 Å². The summed E-state index contributed by atoms with van der Waals surface area (Å²) < 4.78 is 24.7. The molecule has 198 valence electrons. The van der Waals surface area contributed by atoms with E-state index in [4.69, 9.17) is 9.47 Å². The Labute approximate surface area is 222 Å². The first kappa shape index (κ1) is 26.9. The minimum Gasteiger partial charge on any atom is -0.507 e. The molecule has 7 heteroatoms. The van der Waals surface area contributed by atoms with E-state index >= 15 is 0 Å². The second-order valence-electron chi connectivity index (χ2n) is 9.48. The molecule has 1 heterocycles. The summed E-state index contributed by atoms with van der Waals surface area (Å²) in [7, 11) is 0. The van der Waals surface area contributed by atoms with Gasteiger partial charge in [-0.1, -0.05) is 31.2 Å². The molecule has 6 nitrogen and oxygen atoms in total. The van der Waals surface area contributed by atoms with Crippen LogP contribution in [0.4, 0.5) is 4.39 Å². The number of Topliss-reactive ketones (excluding diaryl/α,β-unsaturated/α-hetero) is 1. The lowest BCUT2D eigenvalue weighted by molar-refractivity contribution is -0.139. The maximum Gasteiger partial charge on any atom is 0.295 e. The van der Waals surface area contributed by atoms with Crippen molar-refractivity contribution in [1.29, 1.82) is 0 Å². The Morgan fingerprint density at radius 3 is 2.18 bits per heavy atom. The number of carbonyl (C=O) groups is 2. The van der Waals surface area contributed by atoms with Crippen LogP contribution >= 0.6 is 0 Å². The lowest BCUT2D eigenvalue weighted by Crippen LogP contribution is -2.31. The molecule has 0 bridgehead atoms. The zero-order chi connectivity index (χ0) is 27.2. The van der Waals surface area contributed by atoms with E-state index in [-0.39, 0.29) is 29.8 Å².